The first kappa shape index (κ1) is 15.0. The molecule has 3 nitrogen and oxygen atoms in total. The van der Waals surface area contributed by atoms with Crippen molar-refractivity contribution >= 4 is 0 Å². The van der Waals surface area contributed by atoms with Crippen LogP contribution in [0.2, 0.25) is 0 Å². The molecular weight excluding hydrogens is 226 g/mol. The van der Waals surface area contributed by atoms with Crippen LogP contribution in [0.15, 0.2) is 18.2 Å². The molecule has 0 aromatic heterocycles. The van der Waals surface area contributed by atoms with Crippen molar-refractivity contribution in [1.29, 1.82) is 0 Å². The van der Waals surface area contributed by atoms with E-state index in [-0.39, 0.29) is 18.1 Å². The Hall–Kier alpha value is -1.06. The molecule has 0 aliphatic rings. The van der Waals surface area contributed by atoms with Crippen LogP contribution in [0, 0.1) is 0 Å². The van der Waals surface area contributed by atoms with Gasteiger partial charge >= 0.3 is 0 Å². The third kappa shape index (κ3) is 3.72. The van der Waals surface area contributed by atoms with E-state index >= 15 is 0 Å². The predicted molar refractivity (Wildman–Crippen MR) is 74.9 cm³/mol. The van der Waals surface area contributed by atoms with Gasteiger partial charge in [0.25, 0.3) is 0 Å². The lowest BCUT2D eigenvalue weighted by atomic mass is 9.84. The maximum absolute atomic E-state index is 8.85. The summed E-state index contributed by atoms with van der Waals surface area (Å²) in [4.78, 5) is 0. The van der Waals surface area contributed by atoms with Crippen LogP contribution in [0.5, 0.6) is 5.75 Å². The minimum absolute atomic E-state index is 0.0239. The summed E-state index contributed by atoms with van der Waals surface area (Å²) < 4.78 is 5.41. The minimum Gasteiger partial charge on any atom is -0.496 e. The molecule has 0 saturated heterocycles. The molecule has 0 saturated carbocycles. The van der Waals surface area contributed by atoms with Crippen molar-refractivity contribution in [3.8, 4) is 5.75 Å². The first-order valence-corrected chi connectivity index (χ1v) is 6.45. The largest absolute Gasteiger partial charge is 0.496 e. The van der Waals surface area contributed by atoms with E-state index in [0.717, 1.165) is 24.2 Å². The van der Waals surface area contributed by atoms with Crippen LogP contribution in [0.4, 0.5) is 0 Å². The summed E-state index contributed by atoms with van der Waals surface area (Å²) in [6, 6.07) is 6.09. The van der Waals surface area contributed by atoms with Crippen LogP contribution >= 0.6 is 0 Å². The lowest BCUT2D eigenvalue weighted by molar-refractivity contribution is 0.280. The second kappa shape index (κ2) is 6.21. The minimum atomic E-state index is -0.0239. The molecule has 1 atom stereocenters. The molecule has 1 aromatic carbocycles. The highest BCUT2D eigenvalue weighted by Crippen LogP contribution is 2.33. The van der Waals surface area contributed by atoms with Gasteiger partial charge in [-0.25, -0.2) is 0 Å². The van der Waals surface area contributed by atoms with Gasteiger partial charge in [-0.15, -0.1) is 0 Å². The zero-order chi connectivity index (χ0) is 13.8. The van der Waals surface area contributed by atoms with E-state index in [1.54, 1.807) is 7.11 Å². The summed E-state index contributed by atoms with van der Waals surface area (Å²) in [6.07, 6.45) is 1.53. The van der Waals surface area contributed by atoms with Crippen LogP contribution in [-0.4, -0.2) is 18.8 Å². The summed E-state index contributed by atoms with van der Waals surface area (Å²) in [5, 5.41) is 8.85. The maximum Gasteiger partial charge on any atom is 0.122 e. The molecule has 1 unspecified atom stereocenters. The van der Waals surface area contributed by atoms with Gasteiger partial charge in [0.05, 0.1) is 7.11 Å². The molecule has 0 amide bonds. The van der Waals surface area contributed by atoms with Crippen LogP contribution in [-0.2, 0) is 5.41 Å². The Morgan fingerprint density at radius 2 is 2.00 bits per heavy atom. The first-order chi connectivity index (χ1) is 8.40. The highest BCUT2D eigenvalue weighted by atomic mass is 16.5. The van der Waals surface area contributed by atoms with Gasteiger partial charge in [-0.3, -0.25) is 0 Å². The molecule has 102 valence electrons. The Labute approximate surface area is 110 Å². The highest BCUT2D eigenvalue weighted by molar-refractivity contribution is 5.42. The SMILES string of the molecule is COc1ccc(C(N)CCCO)cc1C(C)(C)C. The molecule has 0 heterocycles. The lowest BCUT2D eigenvalue weighted by Crippen LogP contribution is -2.16. The van der Waals surface area contributed by atoms with Gasteiger partial charge < -0.3 is 15.6 Å². The molecule has 0 aliphatic carbocycles. The number of aliphatic hydroxyl groups excluding tert-OH is 1. The van der Waals surface area contributed by atoms with Crippen molar-refractivity contribution in [2.24, 2.45) is 5.73 Å². The van der Waals surface area contributed by atoms with Crippen molar-refractivity contribution in [2.75, 3.05) is 13.7 Å². The van der Waals surface area contributed by atoms with Crippen LogP contribution in [0.1, 0.15) is 50.8 Å². The van der Waals surface area contributed by atoms with E-state index in [2.05, 4.69) is 26.8 Å². The summed E-state index contributed by atoms with van der Waals surface area (Å²) in [6.45, 7) is 6.67. The third-order valence-corrected chi connectivity index (χ3v) is 3.13. The summed E-state index contributed by atoms with van der Waals surface area (Å²) >= 11 is 0. The average molecular weight is 251 g/mol. The second-order valence-electron chi connectivity index (χ2n) is 5.68. The molecule has 0 fully saturated rings. The molecule has 0 aliphatic heterocycles. The Bertz CT molecular complexity index is 383. The Morgan fingerprint density at radius 1 is 1.33 bits per heavy atom. The van der Waals surface area contributed by atoms with E-state index in [1.165, 1.54) is 5.56 Å². The van der Waals surface area contributed by atoms with Crippen molar-refractivity contribution in [1.82, 2.24) is 0 Å². The van der Waals surface area contributed by atoms with Gasteiger partial charge in [0.2, 0.25) is 0 Å². The summed E-state index contributed by atoms with van der Waals surface area (Å²) in [5.74, 6) is 0.903. The van der Waals surface area contributed by atoms with Gasteiger partial charge in [-0.05, 0) is 35.4 Å². The van der Waals surface area contributed by atoms with Gasteiger partial charge in [0.1, 0.15) is 5.75 Å². The fourth-order valence-electron chi connectivity index (χ4n) is 2.02. The van der Waals surface area contributed by atoms with Gasteiger partial charge in [0.15, 0.2) is 0 Å². The van der Waals surface area contributed by atoms with E-state index in [1.807, 2.05) is 12.1 Å². The van der Waals surface area contributed by atoms with Crippen molar-refractivity contribution in [2.45, 2.75) is 45.1 Å². The molecule has 0 radical (unpaired) electrons. The lowest BCUT2D eigenvalue weighted by Gasteiger charge is -2.24. The molecule has 0 spiro atoms. The topological polar surface area (TPSA) is 55.5 Å². The molecule has 3 heteroatoms. The number of ether oxygens (including phenoxy) is 1. The second-order valence-corrected chi connectivity index (χ2v) is 5.68. The average Bonchev–Trinajstić information content (AvgIpc) is 2.34. The van der Waals surface area contributed by atoms with Crippen molar-refractivity contribution < 1.29 is 9.84 Å². The normalized spacial score (nSPS) is 13.4. The Balaban J connectivity index is 3.03. The number of benzene rings is 1. The predicted octanol–water partition coefficient (Wildman–Crippen LogP) is 2.77. The zero-order valence-electron chi connectivity index (χ0n) is 11.9. The monoisotopic (exact) mass is 251 g/mol. The van der Waals surface area contributed by atoms with E-state index < -0.39 is 0 Å². The number of hydrogen-bond acceptors (Lipinski definition) is 3. The molecule has 1 aromatic rings. The van der Waals surface area contributed by atoms with Crippen LogP contribution in [0.25, 0.3) is 0 Å². The molecule has 0 bridgehead atoms. The van der Waals surface area contributed by atoms with E-state index in [9.17, 15) is 0 Å². The number of methoxy groups -OCH3 is 1. The van der Waals surface area contributed by atoms with Crippen LogP contribution < -0.4 is 10.5 Å². The number of aliphatic hydroxyl groups is 1. The van der Waals surface area contributed by atoms with Gasteiger partial charge in [-0.2, -0.15) is 0 Å². The number of rotatable bonds is 5. The highest BCUT2D eigenvalue weighted by Gasteiger charge is 2.20. The van der Waals surface area contributed by atoms with Crippen molar-refractivity contribution in [3.63, 3.8) is 0 Å². The standard InChI is InChI=1S/C15H25NO2/c1-15(2,3)12-10-11(7-8-14(12)18-4)13(16)6-5-9-17/h7-8,10,13,17H,5-6,9,16H2,1-4H3. The first-order valence-electron chi connectivity index (χ1n) is 6.45. The Kier molecular flexibility index (Phi) is 5.17. The molecule has 1 rings (SSSR count). The molecular formula is C15H25NO2. The van der Waals surface area contributed by atoms with E-state index in [0.29, 0.717) is 0 Å². The third-order valence-electron chi connectivity index (χ3n) is 3.13. The smallest absolute Gasteiger partial charge is 0.122 e. The Morgan fingerprint density at radius 3 is 2.50 bits per heavy atom. The summed E-state index contributed by atoms with van der Waals surface area (Å²) in [5.41, 5.74) is 8.43. The van der Waals surface area contributed by atoms with Gasteiger partial charge in [-0.1, -0.05) is 32.9 Å². The van der Waals surface area contributed by atoms with Gasteiger partial charge in [0, 0.05) is 12.6 Å². The molecule has 18 heavy (non-hydrogen) atoms. The molecule has 3 N–H and O–H groups in total. The quantitative estimate of drug-likeness (QED) is 0.846. The zero-order valence-corrected chi connectivity index (χ0v) is 11.9. The van der Waals surface area contributed by atoms with E-state index in [4.69, 9.17) is 15.6 Å². The fourth-order valence-corrected chi connectivity index (χ4v) is 2.02. The number of nitrogens with two attached hydrogens (primary N) is 1. The summed E-state index contributed by atoms with van der Waals surface area (Å²) in [7, 11) is 1.69. The van der Waals surface area contributed by atoms with Crippen LogP contribution in [0.3, 0.4) is 0 Å². The fraction of sp³-hybridized carbons (Fsp3) is 0.600. The van der Waals surface area contributed by atoms with Crippen molar-refractivity contribution in [3.05, 3.63) is 29.3 Å². The number of hydrogen-bond donors (Lipinski definition) is 2. The maximum atomic E-state index is 8.85.